The number of aromatic hydroxyl groups is 1. The van der Waals surface area contributed by atoms with E-state index in [-0.39, 0.29) is 23.0 Å². The maximum Gasteiger partial charge on any atom is 0.375 e. The van der Waals surface area contributed by atoms with Crippen LogP contribution in [0, 0.1) is 0 Å². The summed E-state index contributed by atoms with van der Waals surface area (Å²) in [5.74, 6) is -1.36. The van der Waals surface area contributed by atoms with Crippen molar-refractivity contribution in [2.24, 2.45) is 0 Å². The number of phenols is 1. The molecule has 0 aliphatic heterocycles. The number of hydrogen-bond acceptors (Lipinski definition) is 5. The SMILES string of the molecule is COc1noc(C(=O)O)c1-c1ccc(O)cc1. The van der Waals surface area contributed by atoms with Crippen molar-refractivity contribution in [2.75, 3.05) is 7.11 Å². The van der Waals surface area contributed by atoms with E-state index in [4.69, 9.17) is 14.4 Å². The topological polar surface area (TPSA) is 92.8 Å². The van der Waals surface area contributed by atoms with E-state index in [1.807, 2.05) is 0 Å². The third kappa shape index (κ3) is 1.92. The van der Waals surface area contributed by atoms with Crippen LogP contribution in [0.1, 0.15) is 10.6 Å². The first-order chi connectivity index (χ1) is 8.13. The summed E-state index contributed by atoms with van der Waals surface area (Å²) in [5, 5.41) is 21.6. The van der Waals surface area contributed by atoms with Gasteiger partial charge in [0.2, 0.25) is 0 Å². The van der Waals surface area contributed by atoms with Gasteiger partial charge in [-0.25, -0.2) is 4.79 Å². The summed E-state index contributed by atoms with van der Waals surface area (Å²) in [7, 11) is 1.37. The quantitative estimate of drug-likeness (QED) is 0.841. The van der Waals surface area contributed by atoms with Crippen LogP contribution in [-0.2, 0) is 0 Å². The number of ether oxygens (including phenoxy) is 1. The molecule has 1 heterocycles. The molecule has 0 spiro atoms. The number of carboxylic acid groups (broad SMARTS) is 1. The van der Waals surface area contributed by atoms with E-state index in [2.05, 4.69) is 5.16 Å². The van der Waals surface area contributed by atoms with Crippen molar-refractivity contribution in [3.63, 3.8) is 0 Å². The Balaban J connectivity index is 2.59. The largest absolute Gasteiger partial charge is 0.508 e. The maximum absolute atomic E-state index is 11.0. The van der Waals surface area contributed by atoms with Gasteiger partial charge >= 0.3 is 5.97 Å². The third-order valence-electron chi connectivity index (χ3n) is 2.20. The predicted molar refractivity (Wildman–Crippen MR) is 57.1 cm³/mol. The van der Waals surface area contributed by atoms with Gasteiger partial charge in [-0.2, -0.15) is 0 Å². The standard InChI is InChI=1S/C11H9NO5/c1-16-10-8(9(11(14)15)17-12-10)6-2-4-7(13)5-3-6/h2-5,13H,1H3,(H,14,15). The molecule has 1 aromatic heterocycles. The Morgan fingerprint density at radius 2 is 2.00 bits per heavy atom. The van der Waals surface area contributed by atoms with E-state index in [9.17, 15) is 9.90 Å². The van der Waals surface area contributed by atoms with Crippen LogP contribution in [0.5, 0.6) is 11.6 Å². The van der Waals surface area contributed by atoms with Gasteiger partial charge in [-0.3, -0.25) is 0 Å². The third-order valence-corrected chi connectivity index (χ3v) is 2.20. The zero-order chi connectivity index (χ0) is 12.4. The number of methoxy groups -OCH3 is 1. The first kappa shape index (κ1) is 11.0. The molecule has 0 amide bonds. The Kier molecular flexibility index (Phi) is 2.70. The molecule has 6 nitrogen and oxygen atoms in total. The molecular weight excluding hydrogens is 226 g/mol. The van der Waals surface area contributed by atoms with Crippen LogP contribution in [0.2, 0.25) is 0 Å². The fourth-order valence-electron chi connectivity index (χ4n) is 1.44. The van der Waals surface area contributed by atoms with E-state index in [1.54, 1.807) is 12.1 Å². The lowest BCUT2D eigenvalue weighted by atomic mass is 10.1. The number of rotatable bonds is 3. The summed E-state index contributed by atoms with van der Waals surface area (Å²) in [4.78, 5) is 11.0. The van der Waals surface area contributed by atoms with Gasteiger partial charge in [0, 0.05) is 0 Å². The zero-order valence-electron chi connectivity index (χ0n) is 8.88. The lowest BCUT2D eigenvalue weighted by molar-refractivity contribution is 0.0653. The van der Waals surface area contributed by atoms with Crippen molar-refractivity contribution in [3.05, 3.63) is 30.0 Å². The van der Waals surface area contributed by atoms with Crippen molar-refractivity contribution in [2.45, 2.75) is 0 Å². The zero-order valence-corrected chi connectivity index (χ0v) is 8.88. The number of aromatic nitrogens is 1. The summed E-state index contributed by atoms with van der Waals surface area (Å²) < 4.78 is 9.63. The monoisotopic (exact) mass is 235 g/mol. The number of nitrogens with zero attached hydrogens (tertiary/aromatic N) is 1. The second kappa shape index (κ2) is 4.17. The predicted octanol–water partition coefficient (Wildman–Crippen LogP) is 1.75. The molecule has 0 unspecified atom stereocenters. The number of benzene rings is 1. The molecule has 0 saturated carbocycles. The molecule has 0 aliphatic carbocycles. The Hall–Kier alpha value is -2.50. The molecule has 0 atom stereocenters. The van der Waals surface area contributed by atoms with Crippen LogP contribution < -0.4 is 4.74 Å². The number of carboxylic acids is 1. The summed E-state index contributed by atoms with van der Waals surface area (Å²) in [6, 6.07) is 5.98. The molecule has 0 radical (unpaired) electrons. The van der Waals surface area contributed by atoms with Crippen LogP contribution in [-0.4, -0.2) is 28.4 Å². The molecule has 17 heavy (non-hydrogen) atoms. The van der Waals surface area contributed by atoms with E-state index in [0.717, 1.165) is 0 Å². The van der Waals surface area contributed by atoms with Crippen LogP contribution in [0.4, 0.5) is 0 Å². The number of aromatic carboxylic acids is 1. The fraction of sp³-hybridized carbons (Fsp3) is 0.0909. The van der Waals surface area contributed by atoms with Crippen molar-refractivity contribution in [1.29, 1.82) is 0 Å². The molecule has 0 aliphatic rings. The van der Waals surface area contributed by atoms with Crippen molar-refractivity contribution in [3.8, 4) is 22.8 Å². The average molecular weight is 235 g/mol. The number of carbonyl (C=O) groups is 1. The highest BCUT2D eigenvalue weighted by atomic mass is 16.5. The molecule has 1 aromatic carbocycles. The first-order valence-electron chi connectivity index (χ1n) is 4.70. The highest BCUT2D eigenvalue weighted by Crippen LogP contribution is 2.33. The van der Waals surface area contributed by atoms with Gasteiger partial charge in [0.05, 0.1) is 7.11 Å². The van der Waals surface area contributed by atoms with E-state index in [1.165, 1.54) is 19.2 Å². The molecule has 2 aromatic rings. The first-order valence-corrected chi connectivity index (χ1v) is 4.70. The van der Waals surface area contributed by atoms with Crippen molar-refractivity contribution >= 4 is 5.97 Å². The minimum Gasteiger partial charge on any atom is -0.508 e. The lowest BCUT2D eigenvalue weighted by Crippen LogP contribution is -1.96. The van der Waals surface area contributed by atoms with Crippen LogP contribution >= 0.6 is 0 Å². The normalized spacial score (nSPS) is 10.2. The number of hydrogen-bond donors (Lipinski definition) is 2. The maximum atomic E-state index is 11.0. The molecule has 6 heteroatoms. The molecule has 2 N–H and O–H groups in total. The Morgan fingerprint density at radius 3 is 2.53 bits per heavy atom. The van der Waals surface area contributed by atoms with Gasteiger partial charge in [0.1, 0.15) is 11.3 Å². The van der Waals surface area contributed by atoms with Crippen molar-refractivity contribution in [1.82, 2.24) is 5.16 Å². The second-order valence-electron chi connectivity index (χ2n) is 3.25. The van der Waals surface area contributed by atoms with Gasteiger partial charge in [-0.05, 0) is 22.9 Å². The summed E-state index contributed by atoms with van der Waals surface area (Å²) >= 11 is 0. The fourth-order valence-corrected chi connectivity index (χ4v) is 1.44. The Labute approximate surface area is 96.0 Å². The molecule has 0 bridgehead atoms. The highest BCUT2D eigenvalue weighted by molar-refractivity contribution is 5.94. The van der Waals surface area contributed by atoms with Gasteiger partial charge in [0.15, 0.2) is 0 Å². The highest BCUT2D eigenvalue weighted by Gasteiger charge is 2.23. The van der Waals surface area contributed by atoms with E-state index < -0.39 is 5.97 Å². The van der Waals surface area contributed by atoms with Gasteiger partial charge in [-0.1, -0.05) is 12.1 Å². The van der Waals surface area contributed by atoms with Crippen molar-refractivity contribution < 1.29 is 24.3 Å². The lowest BCUT2D eigenvalue weighted by Gasteiger charge is -2.01. The second-order valence-corrected chi connectivity index (χ2v) is 3.25. The molecule has 2 rings (SSSR count). The molecule has 0 fully saturated rings. The van der Waals surface area contributed by atoms with E-state index >= 15 is 0 Å². The molecule has 0 saturated heterocycles. The molecule has 88 valence electrons. The minimum atomic E-state index is -1.23. The van der Waals surface area contributed by atoms with Gasteiger partial charge < -0.3 is 19.5 Å². The Bertz CT molecular complexity index is 543. The van der Waals surface area contributed by atoms with Crippen LogP contribution in [0.15, 0.2) is 28.8 Å². The van der Waals surface area contributed by atoms with Gasteiger partial charge in [-0.15, -0.1) is 0 Å². The Morgan fingerprint density at radius 1 is 1.35 bits per heavy atom. The van der Waals surface area contributed by atoms with Crippen LogP contribution in [0.3, 0.4) is 0 Å². The smallest absolute Gasteiger partial charge is 0.375 e. The molecular formula is C11H9NO5. The van der Waals surface area contributed by atoms with E-state index in [0.29, 0.717) is 5.56 Å². The summed E-state index contributed by atoms with van der Waals surface area (Å²) in [6.45, 7) is 0. The average Bonchev–Trinajstić information content (AvgIpc) is 2.73. The minimum absolute atomic E-state index is 0.0843. The summed E-state index contributed by atoms with van der Waals surface area (Å²) in [5.41, 5.74) is 0.790. The van der Waals surface area contributed by atoms with Gasteiger partial charge in [0.25, 0.3) is 11.6 Å². The summed E-state index contributed by atoms with van der Waals surface area (Å²) in [6.07, 6.45) is 0. The van der Waals surface area contributed by atoms with Crippen LogP contribution in [0.25, 0.3) is 11.1 Å². The number of phenolic OH excluding ortho intramolecular Hbond substituents is 1.